The van der Waals surface area contributed by atoms with E-state index in [2.05, 4.69) is 21.2 Å². The lowest BCUT2D eigenvalue weighted by Crippen LogP contribution is -2.19. The summed E-state index contributed by atoms with van der Waals surface area (Å²) in [6.45, 7) is -0.259. The number of anilines is 1. The van der Waals surface area contributed by atoms with Crippen LogP contribution in [-0.4, -0.2) is 23.3 Å². The molecule has 10 heteroatoms. The van der Waals surface area contributed by atoms with E-state index in [0.29, 0.717) is 15.8 Å². The topological polar surface area (TPSA) is 148 Å². The summed E-state index contributed by atoms with van der Waals surface area (Å²) in [4.78, 5) is 33.2. The van der Waals surface area contributed by atoms with Crippen LogP contribution in [0.15, 0.2) is 52.5 Å². The molecule has 0 saturated heterocycles. The fourth-order valence-corrected chi connectivity index (χ4v) is 2.50. The minimum Gasteiger partial charge on any atom is -0.484 e. The van der Waals surface area contributed by atoms with E-state index in [1.807, 2.05) is 6.07 Å². The largest absolute Gasteiger partial charge is 0.484 e. The first-order valence-corrected chi connectivity index (χ1v) is 8.47. The summed E-state index contributed by atoms with van der Waals surface area (Å²) in [5.41, 5.74) is 5.52. The van der Waals surface area contributed by atoms with Crippen LogP contribution in [0.2, 0.25) is 0 Å². The first-order chi connectivity index (χ1) is 13.3. The normalized spacial score (nSPS) is 10.6. The van der Waals surface area contributed by atoms with Crippen LogP contribution in [0.1, 0.15) is 5.56 Å². The Morgan fingerprint density at radius 1 is 1.29 bits per heavy atom. The second-order valence-electron chi connectivity index (χ2n) is 5.37. The van der Waals surface area contributed by atoms with Crippen molar-refractivity contribution in [3.63, 3.8) is 0 Å². The van der Waals surface area contributed by atoms with E-state index in [1.54, 1.807) is 24.3 Å². The lowest BCUT2D eigenvalue weighted by molar-refractivity contribution is -0.384. The zero-order chi connectivity index (χ0) is 20.7. The molecule has 0 bridgehead atoms. The van der Waals surface area contributed by atoms with Crippen molar-refractivity contribution < 1.29 is 19.2 Å². The second-order valence-corrected chi connectivity index (χ2v) is 6.22. The van der Waals surface area contributed by atoms with Crippen molar-refractivity contribution >= 4 is 45.2 Å². The van der Waals surface area contributed by atoms with Crippen molar-refractivity contribution in [2.45, 2.75) is 0 Å². The Balaban J connectivity index is 2.14. The Labute approximate surface area is 167 Å². The van der Waals surface area contributed by atoms with Gasteiger partial charge < -0.3 is 15.8 Å². The van der Waals surface area contributed by atoms with Crippen LogP contribution < -0.4 is 15.8 Å². The average Bonchev–Trinajstić information content (AvgIpc) is 2.66. The highest BCUT2D eigenvalue weighted by Crippen LogP contribution is 2.27. The van der Waals surface area contributed by atoms with Gasteiger partial charge in [0.2, 0.25) is 0 Å². The van der Waals surface area contributed by atoms with Gasteiger partial charge in [0.25, 0.3) is 17.5 Å². The number of primary amides is 1. The molecule has 142 valence electrons. The van der Waals surface area contributed by atoms with Crippen molar-refractivity contribution in [1.29, 1.82) is 5.26 Å². The highest BCUT2D eigenvalue weighted by molar-refractivity contribution is 9.10. The molecule has 0 aliphatic rings. The monoisotopic (exact) mass is 444 g/mol. The smallest absolute Gasteiger partial charge is 0.270 e. The molecule has 9 nitrogen and oxygen atoms in total. The molecular weight excluding hydrogens is 432 g/mol. The van der Waals surface area contributed by atoms with Crippen LogP contribution in [0.3, 0.4) is 0 Å². The van der Waals surface area contributed by atoms with E-state index in [-0.39, 0.29) is 23.6 Å². The maximum atomic E-state index is 12.3. The highest BCUT2D eigenvalue weighted by atomic mass is 79.9. The van der Waals surface area contributed by atoms with Gasteiger partial charge in [-0.15, -0.1) is 0 Å². The molecule has 0 aromatic heterocycles. The number of nitro groups is 1. The molecule has 0 saturated carbocycles. The standard InChI is InChI=1S/C18H13BrN4O5/c19-15-8-13(23(26)27)3-6-16(15)22-18(25)12(9-20)7-11-1-4-14(5-2-11)28-10-17(21)24/h1-8H,10H2,(H2,21,24)(H,22,25)/b12-7-. The quantitative estimate of drug-likeness (QED) is 0.290. The zero-order valence-corrected chi connectivity index (χ0v) is 15.8. The molecule has 2 amide bonds. The molecule has 28 heavy (non-hydrogen) atoms. The molecule has 0 heterocycles. The van der Waals surface area contributed by atoms with Gasteiger partial charge in [-0.25, -0.2) is 0 Å². The Hall–Kier alpha value is -3.71. The number of carbonyl (C=O) groups is 2. The van der Waals surface area contributed by atoms with Gasteiger partial charge in [0.1, 0.15) is 17.4 Å². The SMILES string of the molecule is N#C/C(=C/c1ccc(OCC(N)=O)cc1)C(=O)Nc1ccc([N+](=O)[O-])cc1Br. The third-order valence-corrected chi connectivity index (χ3v) is 4.01. The molecule has 2 aromatic rings. The van der Waals surface area contributed by atoms with Gasteiger partial charge in [-0.05, 0) is 45.8 Å². The summed E-state index contributed by atoms with van der Waals surface area (Å²) >= 11 is 3.15. The Kier molecular flexibility index (Phi) is 6.84. The van der Waals surface area contributed by atoms with Crippen LogP contribution >= 0.6 is 15.9 Å². The number of amides is 2. The summed E-state index contributed by atoms with van der Waals surface area (Å²) in [7, 11) is 0. The van der Waals surface area contributed by atoms with E-state index in [9.17, 15) is 25.0 Å². The number of ether oxygens (including phenoxy) is 1. The molecule has 3 N–H and O–H groups in total. The van der Waals surface area contributed by atoms with Crippen molar-refractivity contribution in [3.8, 4) is 11.8 Å². The second kappa shape index (κ2) is 9.29. The van der Waals surface area contributed by atoms with Crippen molar-refractivity contribution in [1.82, 2.24) is 0 Å². The van der Waals surface area contributed by atoms with Crippen molar-refractivity contribution in [2.24, 2.45) is 5.73 Å². The fourth-order valence-electron chi connectivity index (χ4n) is 2.04. The molecule has 0 unspecified atom stereocenters. The lowest BCUT2D eigenvalue weighted by atomic mass is 10.1. The predicted molar refractivity (Wildman–Crippen MR) is 104 cm³/mol. The third kappa shape index (κ3) is 5.65. The average molecular weight is 445 g/mol. The molecule has 0 radical (unpaired) electrons. The zero-order valence-electron chi connectivity index (χ0n) is 14.2. The number of halogens is 1. The predicted octanol–water partition coefficient (Wildman–Crippen LogP) is 2.77. The van der Waals surface area contributed by atoms with Crippen LogP contribution in [0, 0.1) is 21.4 Å². The Morgan fingerprint density at radius 2 is 1.96 bits per heavy atom. The first-order valence-electron chi connectivity index (χ1n) is 7.68. The minimum atomic E-state index is -0.675. The van der Waals surface area contributed by atoms with Gasteiger partial charge in [-0.3, -0.25) is 19.7 Å². The number of nitrogens with zero attached hydrogens (tertiary/aromatic N) is 2. The highest BCUT2D eigenvalue weighted by Gasteiger charge is 2.14. The maximum absolute atomic E-state index is 12.3. The van der Waals surface area contributed by atoms with Gasteiger partial charge in [0, 0.05) is 16.6 Å². The molecule has 0 aliphatic carbocycles. The van der Waals surface area contributed by atoms with Gasteiger partial charge in [0.05, 0.1) is 10.6 Å². The van der Waals surface area contributed by atoms with E-state index in [1.165, 1.54) is 24.3 Å². The molecule has 0 fully saturated rings. The molecule has 2 rings (SSSR count). The van der Waals surface area contributed by atoms with Gasteiger partial charge >= 0.3 is 0 Å². The minimum absolute atomic E-state index is 0.139. The number of nitriles is 1. The number of nitrogens with two attached hydrogens (primary N) is 1. The van der Waals surface area contributed by atoms with Crippen LogP contribution in [0.4, 0.5) is 11.4 Å². The number of nitrogens with one attached hydrogen (secondary N) is 1. The summed E-state index contributed by atoms with van der Waals surface area (Å²) in [5.74, 6) is -0.871. The maximum Gasteiger partial charge on any atom is 0.270 e. The van der Waals surface area contributed by atoms with Crippen molar-refractivity contribution in [3.05, 3.63) is 68.2 Å². The number of nitro benzene ring substituents is 1. The first kappa shape index (κ1) is 20.6. The lowest BCUT2D eigenvalue weighted by Gasteiger charge is -2.07. The number of benzene rings is 2. The summed E-state index contributed by atoms with van der Waals surface area (Å²) in [5, 5.41) is 22.5. The fraction of sp³-hybridized carbons (Fsp3) is 0.0556. The van der Waals surface area contributed by atoms with E-state index >= 15 is 0 Å². The van der Waals surface area contributed by atoms with Crippen LogP contribution in [-0.2, 0) is 9.59 Å². The Bertz CT molecular complexity index is 996. The molecule has 0 aliphatic heterocycles. The van der Waals surface area contributed by atoms with E-state index in [4.69, 9.17) is 10.5 Å². The molecule has 2 aromatic carbocycles. The van der Waals surface area contributed by atoms with E-state index in [0.717, 1.165) is 0 Å². The number of hydrogen-bond donors (Lipinski definition) is 2. The van der Waals surface area contributed by atoms with Gasteiger partial charge in [-0.1, -0.05) is 12.1 Å². The summed E-state index contributed by atoms with van der Waals surface area (Å²) < 4.78 is 5.44. The van der Waals surface area contributed by atoms with Gasteiger partial charge in [-0.2, -0.15) is 5.26 Å². The summed E-state index contributed by atoms with van der Waals surface area (Å²) in [6, 6.07) is 12.0. The van der Waals surface area contributed by atoms with E-state index < -0.39 is 16.7 Å². The number of carbonyl (C=O) groups excluding carboxylic acids is 2. The number of non-ortho nitro benzene ring substituents is 1. The summed E-state index contributed by atoms with van der Waals surface area (Å²) in [6.07, 6.45) is 1.37. The van der Waals surface area contributed by atoms with Crippen LogP contribution in [0.5, 0.6) is 5.75 Å². The number of rotatable bonds is 7. The van der Waals surface area contributed by atoms with Crippen molar-refractivity contribution in [2.75, 3.05) is 11.9 Å². The Morgan fingerprint density at radius 3 is 2.50 bits per heavy atom. The van der Waals surface area contributed by atoms with Crippen LogP contribution in [0.25, 0.3) is 6.08 Å². The third-order valence-electron chi connectivity index (χ3n) is 3.35. The molecular formula is C18H13BrN4O5. The molecule has 0 atom stereocenters. The number of hydrogen-bond acceptors (Lipinski definition) is 6. The van der Waals surface area contributed by atoms with Gasteiger partial charge in [0.15, 0.2) is 6.61 Å². The molecule has 0 spiro atoms.